The van der Waals surface area contributed by atoms with Crippen molar-refractivity contribution in [1.29, 1.82) is 0 Å². The molecule has 1 fully saturated rings. The SMILES string of the molecule is CC[C@H](CO)N(Cc1ccsc1)C(=O)c1ccccc1N1CCOCC1. The summed E-state index contributed by atoms with van der Waals surface area (Å²) in [4.78, 5) is 17.5. The quantitative estimate of drug-likeness (QED) is 0.809. The average Bonchev–Trinajstić information content (AvgIpc) is 3.21. The highest BCUT2D eigenvalue weighted by Gasteiger charge is 2.27. The number of aliphatic hydroxyl groups excluding tert-OH is 1. The molecular weight excluding hydrogens is 348 g/mol. The number of ether oxygens (including phenoxy) is 1. The number of carbonyl (C=O) groups is 1. The predicted molar refractivity (Wildman–Crippen MR) is 105 cm³/mol. The molecule has 26 heavy (non-hydrogen) atoms. The fourth-order valence-electron chi connectivity index (χ4n) is 3.28. The van der Waals surface area contributed by atoms with Crippen molar-refractivity contribution in [2.75, 3.05) is 37.8 Å². The zero-order valence-corrected chi connectivity index (χ0v) is 16.0. The van der Waals surface area contributed by atoms with Crippen molar-refractivity contribution in [2.45, 2.75) is 25.9 Å². The van der Waals surface area contributed by atoms with Crippen molar-refractivity contribution >= 4 is 22.9 Å². The standard InChI is InChI=1S/C20H26N2O3S/c1-2-17(14-23)22(13-16-7-12-26-15-16)20(24)18-5-3-4-6-19(18)21-8-10-25-11-9-21/h3-7,12,15,17,23H,2,8-11,13-14H2,1H3/t17-/m1/s1. The molecule has 5 nitrogen and oxygen atoms in total. The fourth-order valence-corrected chi connectivity index (χ4v) is 3.94. The van der Waals surface area contributed by atoms with E-state index in [1.54, 1.807) is 16.2 Å². The summed E-state index contributed by atoms with van der Waals surface area (Å²) in [5.74, 6) is -0.0285. The van der Waals surface area contributed by atoms with Gasteiger partial charge in [-0.25, -0.2) is 0 Å². The third-order valence-electron chi connectivity index (χ3n) is 4.80. The van der Waals surface area contributed by atoms with Crippen molar-refractivity contribution in [3.63, 3.8) is 0 Å². The number of morpholine rings is 1. The number of aliphatic hydroxyl groups is 1. The van der Waals surface area contributed by atoms with Gasteiger partial charge in [0.15, 0.2) is 0 Å². The lowest BCUT2D eigenvalue weighted by molar-refractivity contribution is 0.0564. The van der Waals surface area contributed by atoms with Gasteiger partial charge in [-0.3, -0.25) is 4.79 Å². The second kappa shape index (κ2) is 9.16. The molecule has 3 rings (SSSR count). The Hall–Kier alpha value is -1.89. The van der Waals surface area contributed by atoms with E-state index in [-0.39, 0.29) is 18.6 Å². The summed E-state index contributed by atoms with van der Waals surface area (Å²) < 4.78 is 5.44. The highest BCUT2D eigenvalue weighted by molar-refractivity contribution is 7.07. The molecule has 1 aliphatic rings. The molecule has 0 saturated carbocycles. The van der Waals surface area contributed by atoms with Gasteiger partial charge in [0, 0.05) is 25.3 Å². The minimum absolute atomic E-state index is 0.0285. The number of hydrogen-bond donors (Lipinski definition) is 1. The number of rotatable bonds is 7. The van der Waals surface area contributed by atoms with Gasteiger partial charge >= 0.3 is 0 Å². The van der Waals surface area contributed by atoms with Crippen molar-refractivity contribution in [3.05, 3.63) is 52.2 Å². The molecule has 0 aliphatic carbocycles. The molecule has 140 valence electrons. The van der Waals surface area contributed by atoms with E-state index in [4.69, 9.17) is 4.74 Å². The van der Waals surface area contributed by atoms with Crippen LogP contribution in [0.5, 0.6) is 0 Å². The van der Waals surface area contributed by atoms with Gasteiger partial charge in [0.25, 0.3) is 5.91 Å². The predicted octanol–water partition coefficient (Wildman–Crippen LogP) is 3.00. The van der Waals surface area contributed by atoms with E-state index < -0.39 is 0 Å². The molecule has 1 atom stereocenters. The van der Waals surface area contributed by atoms with Crippen LogP contribution in [-0.4, -0.2) is 54.9 Å². The summed E-state index contributed by atoms with van der Waals surface area (Å²) in [6, 6.07) is 9.59. The van der Waals surface area contributed by atoms with Crippen molar-refractivity contribution in [1.82, 2.24) is 4.90 Å². The van der Waals surface area contributed by atoms with E-state index >= 15 is 0 Å². The maximum Gasteiger partial charge on any atom is 0.256 e. The molecule has 1 N–H and O–H groups in total. The van der Waals surface area contributed by atoms with Crippen LogP contribution in [0.4, 0.5) is 5.69 Å². The van der Waals surface area contributed by atoms with Gasteiger partial charge < -0.3 is 19.6 Å². The van der Waals surface area contributed by atoms with Gasteiger partial charge in [-0.05, 0) is 40.9 Å². The molecule has 0 unspecified atom stereocenters. The molecule has 1 saturated heterocycles. The van der Waals surface area contributed by atoms with Gasteiger partial charge in [-0.15, -0.1) is 0 Å². The molecule has 0 radical (unpaired) electrons. The number of thiophene rings is 1. The number of carbonyl (C=O) groups excluding carboxylic acids is 1. The fraction of sp³-hybridized carbons (Fsp3) is 0.450. The Morgan fingerprint density at radius 1 is 1.31 bits per heavy atom. The molecule has 2 aromatic rings. The van der Waals surface area contributed by atoms with Crippen LogP contribution in [0.3, 0.4) is 0 Å². The summed E-state index contributed by atoms with van der Waals surface area (Å²) in [6.45, 7) is 5.40. The minimum atomic E-state index is -0.194. The summed E-state index contributed by atoms with van der Waals surface area (Å²) in [7, 11) is 0. The molecule has 1 aromatic carbocycles. The summed E-state index contributed by atoms with van der Waals surface area (Å²) in [5, 5.41) is 13.9. The molecule has 6 heteroatoms. The van der Waals surface area contributed by atoms with Gasteiger partial charge in [0.2, 0.25) is 0 Å². The molecule has 2 heterocycles. The van der Waals surface area contributed by atoms with Gasteiger partial charge in [0.05, 0.1) is 31.4 Å². The van der Waals surface area contributed by atoms with Crippen LogP contribution < -0.4 is 4.90 Å². The van der Waals surface area contributed by atoms with Gasteiger partial charge in [0.1, 0.15) is 0 Å². The summed E-state index contributed by atoms with van der Waals surface area (Å²) >= 11 is 1.62. The molecule has 1 aromatic heterocycles. The van der Waals surface area contributed by atoms with E-state index in [9.17, 15) is 9.90 Å². The van der Waals surface area contributed by atoms with Gasteiger partial charge in [-0.1, -0.05) is 19.1 Å². The van der Waals surface area contributed by atoms with Crippen LogP contribution in [0.2, 0.25) is 0 Å². The minimum Gasteiger partial charge on any atom is -0.394 e. The van der Waals surface area contributed by atoms with E-state index in [0.717, 1.165) is 24.3 Å². The average molecular weight is 375 g/mol. The van der Waals surface area contributed by atoms with Crippen molar-refractivity contribution < 1.29 is 14.6 Å². The Morgan fingerprint density at radius 2 is 2.08 bits per heavy atom. The number of amides is 1. The third-order valence-corrected chi connectivity index (χ3v) is 5.53. The Labute approximate surface area is 158 Å². The first-order valence-electron chi connectivity index (χ1n) is 9.09. The number of benzene rings is 1. The second-order valence-corrected chi connectivity index (χ2v) is 7.21. The maximum absolute atomic E-state index is 13.5. The number of anilines is 1. The Morgan fingerprint density at radius 3 is 2.73 bits per heavy atom. The normalized spacial score (nSPS) is 15.7. The Kier molecular flexibility index (Phi) is 6.66. The number of hydrogen-bond acceptors (Lipinski definition) is 5. The zero-order chi connectivity index (χ0) is 18.4. The largest absolute Gasteiger partial charge is 0.394 e. The molecule has 0 spiro atoms. The Bertz CT molecular complexity index is 695. The highest BCUT2D eigenvalue weighted by Crippen LogP contribution is 2.25. The van der Waals surface area contributed by atoms with E-state index in [1.165, 1.54) is 0 Å². The maximum atomic E-state index is 13.5. The van der Waals surface area contributed by atoms with Crippen LogP contribution in [-0.2, 0) is 11.3 Å². The molecular formula is C20H26N2O3S. The summed E-state index contributed by atoms with van der Waals surface area (Å²) in [5.41, 5.74) is 2.74. The van der Waals surface area contributed by atoms with Crippen molar-refractivity contribution in [2.24, 2.45) is 0 Å². The lowest BCUT2D eigenvalue weighted by Crippen LogP contribution is -2.43. The second-order valence-electron chi connectivity index (χ2n) is 6.43. The lowest BCUT2D eigenvalue weighted by Gasteiger charge is -2.34. The summed E-state index contributed by atoms with van der Waals surface area (Å²) in [6.07, 6.45) is 0.714. The third kappa shape index (κ3) is 4.26. The topological polar surface area (TPSA) is 53.0 Å². The number of para-hydroxylation sites is 1. The first kappa shape index (κ1) is 18.9. The monoisotopic (exact) mass is 374 g/mol. The van der Waals surface area contributed by atoms with Gasteiger partial charge in [-0.2, -0.15) is 11.3 Å². The first-order valence-corrected chi connectivity index (χ1v) is 10.0. The van der Waals surface area contributed by atoms with Crippen LogP contribution in [0.15, 0.2) is 41.1 Å². The lowest BCUT2D eigenvalue weighted by atomic mass is 10.1. The van der Waals surface area contributed by atoms with Crippen LogP contribution in [0.1, 0.15) is 29.3 Å². The molecule has 1 aliphatic heterocycles. The first-order chi connectivity index (χ1) is 12.7. The number of nitrogens with zero attached hydrogens (tertiary/aromatic N) is 2. The molecule has 1 amide bonds. The van der Waals surface area contributed by atoms with E-state index in [2.05, 4.69) is 10.3 Å². The zero-order valence-electron chi connectivity index (χ0n) is 15.1. The smallest absolute Gasteiger partial charge is 0.256 e. The molecule has 0 bridgehead atoms. The van der Waals surface area contributed by atoms with Crippen LogP contribution in [0, 0.1) is 0 Å². The highest BCUT2D eigenvalue weighted by atomic mass is 32.1. The van der Waals surface area contributed by atoms with E-state index in [0.29, 0.717) is 31.7 Å². The van der Waals surface area contributed by atoms with Crippen LogP contribution >= 0.6 is 11.3 Å². The van der Waals surface area contributed by atoms with E-state index in [1.807, 2.05) is 42.6 Å². The van der Waals surface area contributed by atoms with Crippen molar-refractivity contribution in [3.8, 4) is 0 Å². The van der Waals surface area contributed by atoms with Crippen LogP contribution in [0.25, 0.3) is 0 Å². The Balaban J connectivity index is 1.90.